The first kappa shape index (κ1) is 22.2. The summed E-state index contributed by atoms with van der Waals surface area (Å²) in [6.07, 6.45) is -2.88. The molecule has 0 spiro atoms. The van der Waals surface area contributed by atoms with Crippen LogP contribution in [0.5, 0.6) is 5.88 Å². The molecular weight excluding hydrogens is 449 g/mol. The number of benzene rings is 1. The van der Waals surface area contributed by atoms with Gasteiger partial charge in [0, 0.05) is 37.5 Å². The summed E-state index contributed by atoms with van der Waals surface area (Å²) < 4.78 is 72.6. The van der Waals surface area contributed by atoms with Crippen LogP contribution in [0.1, 0.15) is 12.3 Å². The molecule has 1 aromatic carbocycles. The average molecular weight is 468 g/mol. The molecule has 32 heavy (non-hydrogen) atoms. The fourth-order valence-electron chi connectivity index (χ4n) is 3.30. The SMILES string of the molecule is O=S(=O)(CCN1CC[C@@H](Oc2ccc(-c3noc(C(F)(F)F)n3)cn2)C1)c1ccccc1. The van der Waals surface area contributed by atoms with Crippen molar-refractivity contribution in [3.05, 3.63) is 54.6 Å². The van der Waals surface area contributed by atoms with E-state index < -0.39 is 21.9 Å². The Morgan fingerprint density at radius 2 is 1.94 bits per heavy atom. The van der Waals surface area contributed by atoms with Crippen LogP contribution in [0, 0.1) is 0 Å². The van der Waals surface area contributed by atoms with Crippen molar-refractivity contribution >= 4 is 9.84 Å². The van der Waals surface area contributed by atoms with Gasteiger partial charge in [-0.3, -0.25) is 4.90 Å². The van der Waals surface area contributed by atoms with Crippen LogP contribution in [0.25, 0.3) is 11.4 Å². The van der Waals surface area contributed by atoms with E-state index in [1.54, 1.807) is 30.3 Å². The number of nitrogens with zero attached hydrogens (tertiary/aromatic N) is 4. The molecule has 1 fully saturated rings. The smallest absolute Gasteiger partial charge is 0.471 e. The highest BCUT2D eigenvalue weighted by Gasteiger charge is 2.38. The minimum absolute atomic E-state index is 0.0152. The lowest BCUT2D eigenvalue weighted by atomic mass is 10.2. The standard InChI is InChI=1S/C20H19F3N4O4S/c21-20(22,23)19-25-18(26-31-19)14-6-7-17(24-12-14)30-15-8-9-27(13-15)10-11-32(28,29)16-4-2-1-3-5-16/h1-7,12,15H,8-11,13H2/t15-/m1/s1. The van der Waals surface area contributed by atoms with Crippen molar-refractivity contribution in [3.8, 4) is 17.3 Å². The Hall–Kier alpha value is -2.99. The van der Waals surface area contributed by atoms with Crippen LogP contribution >= 0.6 is 0 Å². The summed E-state index contributed by atoms with van der Waals surface area (Å²) in [4.78, 5) is 9.74. The minimum Gasteiger partial charge on any atom is -0.473 e. The van der Waals surface area contributed by atoms with Crippen molar-refractivity contribution < 1.29 is 30.8 Å². The third kappa shape index (κ3) is 5.25. The van der Waals surface area contributed by atoms with Gasteiger partial charge < -0.3 is 9.26 Å². The summed E-state index contributed by atoms with van der Waals surface area (Å²) in [6.45, 7) is 1.63. The second-order valence-electron chi connectivity index (χ2n) is 7.27. The number of halogens is 3. The number of pyridine rings is 1. The molecule has 0 unspecified atom stereocenters. The fourth-order valence-corrected chi connectivity index (χ4v) is 4.61. The molecule has 0 N–H and O–H groups in total. The highest BCUT2D eigenvalue weighted by Crippen LogP contribution is 2.29. The Morgan fingerprint density at radius 1 is 1.16 bits per heavy atom. The molecular formula is C20H19F3N4O4S. The minimum atomic E-state index is -4.71. The highest BCUT2D eigenvalue weighted by atomic mass is 32.2. The van der Waals surface area contributed by atoms with Gasteiger partial charge in [-0.1, -0.05) is 23.4 Å². The van der Waals surface area contributed by atoms with E-state index in [1.807, 2.05) is 4.90 Å². The van der Waals surface area contributed by atoms with Gasteiger partial charge in [0.25, 0.3) is 0 Å². The number of ether oxygens (including phenoxy) is 1. The molecule has 8 nitrogen and oxygen atoms in total. The topological polar surface area (TPSA) is 98.4 Å². The molecule has 12 heteroatoms. The van der Waals surface area contributed by atoms with Gasteiger partial charge in [0.15, 0.2) is 9.84 Å². The number of likely N-dealkylation sites (tertiary alicyclic amines) is 1. The van der Waals surface area contributed by atoms with Crippen molar-refractivity contribution in [1.29, 1.82) is 0 Å². The maximum absolute atomic E-state index is 12.6. The summed E-state index contributed by atoms with van der Waals surface area (Å²) in [5.74, 6) is -1.32. The molecule has 2 aromatic heterocycles. The molecule has 0 aliphatic carbocycles. The van der Waals surface area contributed by atoms with Crippen LogP contribution in [-0.2, 0) is 16.0 Å². The summed E-state index contributed by atoms with van der Waals surface area (Å²) in [7, 11) is -3.35. The van der Waals surface area contributed by atoms with E-state index in [-0.39, 0.29) is 23.2 Å². The van der Waals surface area contributed by atoms with Gasteiger partial charge >= 0.3 is 12.1 Å². The quantitative estimate of drug-likeness (QED) is 0.522. The zero-order valence-corrected chi connectivity index (χ0v) is 17.5. The number of aromatic nitrogens is 3. The predicted octanol–water partition coefficient (Wildman–Crippen LogP) is 3.08. The number of alkyl halides is 3. The van der Waals surface area contributed by atoms with E-state index in [2.05, 4.69) is 19.6 Å². The van der Waals surface area contributed by atoms with E-state index in [9.17, 15) is 21.6 Å². The van der Waals surface area contributed by atoms with E-state index >= 15 is 0 Å². The Balaban J connectivity index is 1.30. The van der Waals surface area contributed by atoms with Crippen LogP contribution < -0.4 is 4.74 Å². The lowest BCUT2D eigenvalue weighted by Gasteiger charge is -2.16. The number of rotatable bonds is 7. The van der Waals surface area contributed by atoms with E-state index in [0.717, 1.165) is 0 Å². The number of sulfone groups is 1. The monoisotopic (exact) mass is 468 g/mol. The molecule has 170 valence electrons. The van der Waals surface area contributed by atoms with Gasteiger partial charge in [-0.2, -0.15) is 18.2 Å². The maximum atomic E-state index is 12.6. The Kier molecular flexibility index (Phi) is 6.15. The van der Waals surface area contributed by atoms with Crippen molar-refractivity contribution in [2.45, 2.75) is 23.6 Å². The normalized spacial score (nSPS) is 17.5. The molecule has 0 amide bonds. The van der Waals surface area contributed by atoms with E-state index in [0.29, 0.717) is 36.8 Å². The lowest BCUT2D eigenvalue weighted by molar-refractivity contribution is -0.159. The molecule has 1 aliphatic rings. The molecule has 3 aromatic rings. The predicted molar refractivity (Wildman–Crippen MR) is 106 cm³/mol. The zero-order chi connectivity index (χ0) is 22.8. The van der Waals surface area contributed by atoms with Crippen molar-refractivity contribution in [2.24, 2.45) is 0 Å². The average Bonchev–Trinajstić information content (AvgIpc) is 3.43. The van der Waals surface area contributed by atoms with E-state index in [4.69, 9.17) is 4.74 Å². The maximum Gasteiger partial charge on any atom is 0.471 e. The second kappa shape index (κ2) is 8.87. The first-order valence-corrected chi connectivity index (χ1v) is 11.4. The Morgan fingerprint density at radius 3 is 2.59 bits per heavy atom. The van der Waals surface area contributed by atoms with Crippen molar-refractivity contribution in [3.63, 3.8) is 0 Å². The zero-order valence-electron chi connectivity index (χ0n) is 16.7. The Bertz CT molecular complexity index is 1150. The summed E-state index contributed by atoms with van der Waals surface area (Å²) in [5, 5.41) is 3.32. The van der Waals surface area contributed by atoms with Gasteiger partial charge in [0.05, 0.1) is 10.6 Å². The molecule has 1 atom stereocenters. The lowest BCUT2D eigenvalue weighted by Crippen LogP contribution is -2.29. The molecule has 0 bridgehead atoms. The first-order valence-electron chi connectivity index (χ1n) is 9.75. The van der Waals surface area contributed by atoms with Crippen LogP contribution in [0.3, 0.4) is 0 Å². The number of hydrogen-bond acceptors (Lipinski definition) is 8. The summed E-state index contributed by atoms with van der Waals surface area (Å²) in [6, 6.07) is 11.3. The van der Waals surface area contributed by atoms with Crippen molar-refractivity contribution in [1.82, 2.24) is 20.0 Å². The third-order valence-corrected chi connectivity index (χ3v) is 6.67. The fraction of sp³-hybridized carbons (Fsp3) is 0.350. The molecule has 3 heterocycles. The van der Waals surface area contributed by atoms with Crippen molar-refractivity contribution in [2.75, 3.05) is 25.4 Å². The van der Waals surface area contributed by atoms with Gasteiger partial charge in [0.1, 0.15) is 6.10 Å². The largest absolute Gasteiger partial charge is 0.473 e. The van der Waals surface area contributed by atoms with Crippen LogP contribution in [0.2, 0.25) is 0 Å². The second-order valence-corrected chi connectivity index (χ2v) is 9.38. The third-order valence-electron chi connectivity index (χ3n) is 4.96. The van der Waals surface area contributed by atoms with Crippen LogP contribution in [0.15, 0.2) is 58.1 Å². The first-order chi connectivity index (χ1) is 15.2. The molecule has 4 rings (SSSR count). The number of hydrogen-bond donors (Lipinski definition) is 0. The molecule has 0 saturated carbocycles. The van der Waals surface area contributed by atoms with Gasteiger partial charge in [-0.25, -0.2) is 13.4 Å². The highest BCUT2D eigenvalue weighted by molar-refractivity contribution is 7.91. The molecule has 1 saturated heterocycles. The van der Waals surface area contributed by atoms with E-state index in [1.165, 1.54) is 18.3 Å². The van der Waals surface area contributed by atoms with Crippen LogP contribution in [0.4, 0.5) is 13.2 Å². The Labute approximate surface area is 181 Å². The van der Waals surface area contributed by atoms with Gasteiger partial charge in [-0.05, 0) is 24.6 Å². The van der Waals surface area contributed by atoms with Crippen LogP contribution in [-0.4, -0.2) is 59.9 Å². The van der Waals surface area contributed by atoms with Gasteiger partial charge in [0.2, 0.25) is 11.7 Å². The molecule has 0 radical (unpaired) electrons. The van der Waals surface area contributed by atoms with Gasteiger partial charge in [-0.15, -0.1) is 0 Å². The summed E-state index contributed by atoms with van der Waals surface area (Å²) in [5.41, 5.74) is 0.260. The molecule has 1 aliphatic heterocycles. The summed E-state index contributed by atoms with van der Waals surface area (Å²) >= 11 is 0.